The van der Waals surface area contributed by atoms with E-state index >= 15 is 0 Å². The van der Waals surface area contributed by atoms with Crippen LogP contribution in [0.5, 0.6) is 0 Å². The van der Waals surface area contributed by atoms with Crippen molar-refractivity contribution < 1.29 is 11.0 Å². The number of amides is 2. The van der Waals surface area contributed by atoms with Gasteiger partial charge in [-0.1, -0.05) is 30.1 Å². The number of carbonyl (C=O) groups is 2. The van der Waals surface area contributed by atoms with Gasteiger partial charge in [0.05, 0.1) is 10.6 Å². The van der Waals surface area contributed by atoms with Crippen LogP contribution in [-0.2, 0) is 0 Å². The molecule has 4 rings (SSSR count). The molecule has 2 aromatic rings. The van der Waals surface area contributed by atoms with E-state index in [1.54, 1.807) is 43.6 Å². The van der Waals surface area contributed by atoms with Crippen molar-refractivity contribution in [2.45, 2.75) is 38.3 Å². The SMILES string of the molecule is CC[C@H]1CN(c2ncc(C(=O)NC)cc2Cl)CCN1C1CCN(C(=O)c2ccc(Cl)cc2)CC1.[HH]. The van der Waals surface area contributed by atoms with Crippen LogP contribution < -0.4 is 10.2 Å². The Kier molecular flexibility index (Phi) is 7.96. The van der Waals surface area contributed by atoms with Crippen LogP contribution in [0.1, 0.15) is 48.3 Å². The second-order valence-electron chi connectivity index (χ2n) is 8.88. The van der Waals surface area contributed by atoms with Crippen molar-refractivity contribution in [3.63, 3.8) is 0 Å². The van der Waals surface area contributed by atoms with Crippen molar-refractivity contribution in [2.75, 3.05) is 44.7 Å². The lowest BCUT2D eigenvalue weighted by Gasteiger charge is -2.47. The molecule has 0 radical (unpaired) electrons. The number of carbonyl (C=O) groups excluding carboxylic acids is 2. The number of halogens is 2. The largest absolute Gasteiger partial charge is 0.355 e. The molecular formula is C25H33Cl2N5O2. The van der Waals surface area contributed by atoms with Gasteiger partial charge in [-0.3, -0.25) is 14.5 Å². The van der Waals surface area contributed by atoms with Crippen LogP contribution in [0.2, 0.25) is 10.0 Å². The number of hydrogen-bond donors (Lipinski definition) is 1. The maximum atomic E-state index is 12.8. The van der Waals surface area contributed by atoms with Gasteiger partial charge in [-0.05, 0) is 49.6 Å². The Balaban J connectivity index is 0.00000342. The molecule has 2 aliphatic heterocycles. The maximum Gasteiger partial charge on any atom is 0.253 e. The lowest BCUT2D eigenvalue weighted by atomic mass is 9.97. The number of pyridine rings is 1. The molecule has 184 valence electrons. The minimum atomic E-state index is -0.196. The van der Waals surface area contributed by atoms with E-state index in [0.29, 0.717) is 33.3 Å². The zero-order valence-corrected chi connectivity index (χ0v) is 21.1. The van der Waals surface area contributed by atoms with E-state index in [-0.39, 0.29) is 13.2 Å². The monoisotopic (exact) mass is 505 g/mol. The summed E-state index contributed by atoms with van der Waals surface area (Å²) in [6.45, 7) is 6.32. The maximum absolute atomic E-state index is 12.8. The summed E-state index contributed by atoms with van der Waals surface area (Å²) >= 11 is 12.5. The molecule has 1 aromatic heterocycles. The average molecular weight is 506 g/mol. The third-order valence-electron chi connectivity index (χ3n) is 6.92. The number of piperazine rings is 1. The second kappa shape index (κ2) is 10.9. The molecule has 2 aliphatic rings. The van der Waals surface area contributed by atoms with E-state index in [1.807, 2.05) is 4.90 Å². The van der Waals surface area contributed by atoms with Gasteiger partial charge in [-0.25, -0.2) is 4.98 Å². The highest BCUT2D eigenvalue weighted by atomic mass is 35.5. The first-order chi connectivity index (χ1) is 16.4. The molecule has 1 aromatic carbocycles. The van der Waals surface area contributed by atoms with Crippen molar-refractivity contribution >= 4 is 40.8 Å². The summed E-state index contributed by atoms with van der Waals surface area (Å²) in [5.74, 6) is 0.613. The number of hydrogen-bond acceptors (Lipinski definition) is 5. The predicted molar refractivity (Wildman–Crippen MR) is 138 cm³/mol. The highest BCUT2D eigenvalue weighted by Gasteiger charge is 2.34. The molecule has 0 bridgehead atoms. The van der Waals surface area contributed by atoms with Gasteiger partial charge in [0.2, 0.25) is 0 Å². The molecule has 0 spiro atoms. The fourth-order valence-corrected chi connectivity index (χ4v) is 5.43. The van der Waals surface area contributed by atoms with Crippen molar-refractivity contribution in [2.24, 2.45) is 0 Å². The zero-order chi connectivity index (χ0) is 24.2. The molecule has 34 heavy (non-hydrogen) atoms. The third-order valence-corrected chi connectivity index (χ3v) is 7.45. The molecule has 2 fully saturated rings. The van der Waals surface area contributed by atoms with E-state index in [2.05, 4.69) is 27.0 Å². The number of nitrogens with one attached hydrogen (secondary N) is 1. The van der Waals surface area contributed by atoms with E-state index in [1.165, 1.54) is 0 Å². The van der Waals surface area contributed by atoms with Crippen LogP contribution in [0.25, 0.3) is 0 Å². The number of likely N-dealkylation sites (tertiary alicyclic amines) is 1. The van der Waals surface area contributed by atoms with Gasteiger partial charge < -0.3 is 15.1 Å². The van der Waals surface area contributed by atoms with Gasteiger partial charge >= 0.3 is 0 Å². The molecule has 0 aliphatic carbocycles. The van der Waals surface area contributed by atoms with Crippen LogP contribution in [0, 0.1) is 0 Å². The standard InChI is InChI=1S/C25H31Cl2N5O2.H2/c1-3-20-16-31(23-22(27)14-18(15-29-23)24(33)28-2)12-13-32(20)21-8-10-30(11-9-21)25(34)17-4-6-19(26)7-5-17;/h4-7,14-15,20-21H,3,8-13,16H2,1-2H3,(H,28,33);1H/t20-;/m0./s1. The van der Waals surface area contributed by atoms with Gasteiger partial charge in [0.15, 0.2) is 0 Å². The Labute approximate surface area is 212 Å². The lowest BCUT2D eigenvalue weighted by Crippen LogP contribution is -2.58. The van der Waals surface area contributed by atoms with Gasteiger partial charge in [0.1, 0.15) is 5.82 Å². The summed E-state index contributed by atoms with van der Waals surface area (Å²) in [7, 11) is 1.59. The van der Waals surface area contributed by atoms with Gasteiger partial charge in [-0.15, -0.1) is 0 Å². The van der Waals surface area contributed by atoms with Crippen LogP contribution in [0.4, 0.5) is 5.82 Å². The summed E-state index contributed by atoms with van der Waals surface area (Å²) in [5, 5.41) is 3.74. The highest BCUT2D eigenvalue weighted by Crippen LogP contribution is 2.30. The summed E-state index contributed by atoms with van der Waals surface area (Å²) in [4.78, 5) is 36.0. The molecule has 1 atom stereocenters. The topological polar surface area (TPSA) is 68.8 Å². The van der Waals surface area contributed by atoms with Crippen LogP contribution in [-0.4, -0.2) is 78.5 Å². The Morgan fingerprint density at radius 1 is 1.09 bits per heavy atom. The number of benzene rings is 1. The van der Waals surface area contributed by atoms with E-state index < -0.39 is 0 Å². The van der Waals surface area contributed by atoms with Crippen LogP contribution in [0.15, 0.2) is 36.5 Å². The normalized spacial score (nSPS) is 19.8. The van der Waals surface area contributed by atoms with E-state index in [0.717, 1.165) is 57.8 Å². The first kappa shape index (κ1) is 24.8. The quantitative estimate of drug-likeness (QED) is 0.659. The second-order valence-corrected chi connectivity index (χ2v) is 9.73. The minimum Gasteiger partial charge on any atom is -0.355 e. The van der Waals surface area contributed by atoms with Crippen LogP contribution in [0.3, 0.4) is 0 Å². The molecular weight excluding hydrogens is 473 g/mol. The Morgan fingerprint density at radius 3 is 2.41 bits per heavy atom. The molecule has 0 saturated carbocycles. The van der Waals surface area contributed by atoms with Crippen molar-refractivity contribution in [3.05, 3.63) is 57.7 Å². The van der Waals surface area contributed by atoms with Crippen molar-refractivity contribution in [1.29, 1.82) is 0 Å². The number of rotatable bonds is 5. The molecule has 9 heteroatoms. The number of nitrogens with zero attached hydrogens (tertiary/aromatic N) is 4. The van der Waals surface area contributed by atoms with Crippen LogP contribution >= 0.6 is 23.2 Å². The number of aromatic nitrogens is 1. The predicted octanol–water partition coefficient (Wildman–Crippen LogP) is 4.20. The molecule has 7 nitrogen and oxygen atoms in total. The van der Waals surface area contributed by atoms with E-state index in [9.17, 15) is 9.59 Å². The summed E-state index contributed by atoms with van der Waals surface area (Å²) in [5.41, 5.74) is 1.15. The summed E-state index contributed by atoms with van der Waals surface area (Å²) < 4.78 is 0. The van der Waals surface area contributed by atoms with Crippen molar-refractivity contribution in [3.8, 4) is 0 Å². The van der Waals surface area contributed by atoms with Gasteiger partial charge in [0.25, 0.3) is 11.8 Å². The summed E-state index contributed by atoms with van der Waals surface area (Å²) in [6.07, 6.45) is 4.54. The average Bonchev–Trinajstić information content (AvgIpc) is 2.88. The number of piperidine rings is 1. The smallest absolute Gasteiger partial charge is 0.253 e. The molecule has 1 N–H and O–H groups in total. The lowest BCUT2D eigenvalue weighted by molar-refractivity contribution is 0.0490. The zero-order valence-electron chi connectivity index (χ0n) is 19.6. The fraction of sp³-hybridized carbons (Fsp3) is 0.480. The van der Waals surface area contributed by atoms with Crippen molar-refractivity contribution in [1.82, 2.24) is 20.1 Å². The van der Waals surface area contributed by atoms with Gasteiger partial charge in [-0.2, -0.15) is 0 Å². The molecule has 2 saturated heterocycles. The third kappa shape index (κ3) is 5.32. The minimum absolute atomic E-state index is 0. The molecule has 3 heterocycles. The summed E-state index contributed by atoms with van der Waals surface area (Å²) in [6, 6.07) is 9.64. The highest BCUT2D eigenvalue weighted by molar-refractivity contribution is 6.33. The van der Waals surface area contributed by atoms with E-state index in [4.69, 9.17) is 23.2 Å². The fourth-order valence-electron chi connectivity index (χ4n) is 5.01. The first-order valence-electron chi connectivity index (χ1n) is 11.8. The Hall–Kier alpha value is -2.35. The number of anilines is 1. The Bertz CT molecular complexity index is 1030. The molecule has 2 amide bonds. The molecule has 0 unspecified atom stereocenters. The first-order valence-corrected chi connectivity index (χ1v) is 12.6. The van der Waals surface area contributed by atoms with Gasteiger partial charge in [0, 0.05) is 70.1 Å². The Morgan fingerprint density at radius 2 is 1.79 bits per heavy atom.